The third-order valence-corrected chi connectivity index (χ3v) is 3.08. The lowest BCUT2D eigenvalue weighted by Gasteiger charge is -2.11. The highest BCUT2D eigenvalue weighted by Crippen LogP contribution is 2.27. The Hall–Kier alpha value is -1.63. The molecule has 0 aliphatic carbocycles. The predicted octanol–water partition coefficient (Wildman–Crippen LogP) is 4.49. The Morgan fingerprint density at radius 3 is 2.47 bits per heavy atom. The Morgan fingerprint density at radius 1 is 1.06 bits per heavy atom. The Morgan fingerprint density at radius 2 is 1.82 bits per heavy atom. The van der Waals surface area contributed by atoms with Crippen molar-refractivity contribution >= 4 is 0 Å². The standard InChI is InChI=1S/C16H19N/c1-11(2)14-8-12(3)9-15(10-14)16-6-5-7-17-13(16)4/h5-11H,1-4H3. The molecule has 2 aromatic rings. The molecule has 0 bridgehead atoms. The third kappa shape index (κ3) is 2.55. The number of rotatable bonds is 2. The van der Waals surface area contributed by atoms with E-state index < -0.39 is 0 Å². The number of hydrogen-bond acceptors (Lipinski definition) is 1. The molecule has 0 aliphatic rings. The van der Waals surface area contributed by atoms with E-state index in [-0.39, 0.29) is 0 Å². The first-order chi connectivity index (χ1) is 8.08. The lowest BCUT2D eigenvalue weighted by atomic mass is 9.94. The second-order valence-corrected chi connectivity index (χ2v) is 4.92. The van der Waals surface area contributed by atoms with Gasteiger partial charge in [0.1, 0.15) is 0 Å². The number of nitrogens with zero attached hydrogens (tertiary/aromatic N) is 1. The fourth-order valence-corrected chi connectivity index (χ4v) is 2.09. The van der Waals surface area contributed by atoms with Crippen molar-refractivity contribution < 1.29 is 0 Å². The number of benzene rings is 1. The smallest absolute Gasteiger partial charge is 0.0450 e. The molecule has 88 valence electrons. The molecule has 0 aliphatic heterocycles. The van der Waals surface area contributed by atoms with Gasteiger partial charge in [0, 0.05) is 17.5 Å². The van der Waals surface area contributed by atoms with E-state index in [9.17, 15) is 0 Å². The maximum absolute atomic E-state index is 4.36. The zero-order chi connectivity index (χ0) is 12.4. The lowest BCUT2D eigenvalue weighted by molar-refractivity contribution is 0.865. The molecule has 1 heteroatoms. The van der Waals surface area contributed by atoms with Gasteiger partial charge in [-0.25, -0.2) is 0 Å². The van der Waals surface area contributed by atoms with Crippen LogP contribution in [0.15, 0.2) is 36.5 Å². The van der Waals surface area contributed by atoms with E-state index in [1.165, 1.54) is 22.3 Å². The SMILES string of the molecule is Cc1cc(-c2cccnc2C)cc(C(C)C)c1. The summed E-state index contributed by atoms with van der Waals surface area (Å²) in [5, 5.41) is 0. The maximum atomic E-state index is 4.36. The van der Waals surface area contributed by atoms with Gasteiger partial charge in [0.25, 0.3) is 0 Å². The minimum Gasteiger partial charge on any atom is -0.261 e. The van der Waals surface area contributed by atoms with Crippen LogP contribution in [-0.2, 0) is 0 Å². The summed E-state index contributed by atoms with van der Waals surface area (Å²) in [5.74, 6) is 0.561. The molecule has 0 saturated carbocycles. The van der Waals surface area contributed by atoms with Crippen LogP contribution in [0.25, 0.3) is 11.1 Å². The van der Waals surface area contributed by atoms with Gasteiger partial charge >= 0.3 is 0 Å². The number of aromatic nitrogens is 1. The lowest BCUT2D eigenvalue weighted by Crippen LogP contribution is -1.92. The molecule has 2 rings (SSSR count). The highest BCUT2D eigenvalue weighted by Gasteiger charge is 2.06. The molecule has 0 amide bonds. The average molecular weight is 225 g/mol. The molecule has 0 N–H and O–H groups in total. The molecule has 0 unspecified atom stereocenters. The van der Waals surface area contributed by atoms with Crippen LogP contribution < -0.4 is 0 Å². The number of hydrogen-bond donors (Lipinski definition) is 0. The van der Waals surface area contributed by atoms with Crippen LogP contribution in [0.4, 0.5) is 0 Å². The molecule has 1 heterocycles. The first kappa shape index (κ1) is 11.8. The molecular weight excluding hydrogens is 206 g/mol. The monoisotopic (exact) mass is 225 g/mol. The minimum absolute atomic E-state index is 0.561. The molecule has 1 nitrogen and oxygen atoms in total. The van der Waals surface area contributed by atoms with E-state index in [4.69, 9.17) is 0 Å². The van der Waals surface area contributed by atoms with Crippen LogP contribution in [0.2, 0.25) is 0 Å². The average Bonchev–Trinajstić information content (AvgIpc) is 2.28. The summed E-state index contributed by atoms with van der Waals surface area (Å²) in [4.78, 5) is 4.36. The van der Waals surface area contributed by atoms with Crippen molar-refractivity contribution in [2.45, 2.75) is 33.6 Å². The normalized spacial score (nSPS) is 10.9. The fraction of sp³-hybridized carbons (Fsp3) is 0.312. The molecule has 0 fully saturated rings. The van der Waals surface area contributed by atoms with Crippen molar-refractivity contribution in [2.75, 3.05) is 0 Å². The van der Waals surface area contributed by atoms with E-state index in [0.29, 0.717) is 5.92 Å². The summed E-state index contributed by atoms with van der Waals surface area (Å²) >= 11 is 0. The van der Waals surface area contributed by atoms with Crippen LogP contribution in [-0.4, -0.2) is 4.98 Å². The first-order valence-electron chi connectivity index (χ1n) is 6.11. The van der Waals surface area contributed by atoms with Crippen molar-refractivity contribution in [3.8, 4) is 11.1 Å². The van der Waals surface area contributed by atoms with Gasteiger partial charge in [-0.05, 0) is 37.0 Å². The summed E-state index contributed by atoms with van der Waals surface area (Å²) in [5.41, 5.74) is 6.31. The van der Waals surface area contributed by atoms with Gasteiger partial charge in [-0.3, -0.25) is 4.98 Å². The molecule has 0 saturated heterocycles. The van der Waals surface area contributed by atoms with Gasteiger partial charge in [0.15, 0.2) is 0 Å². The number of aryl methyl sites for hydroxylation is 2. The van der Waals surface area contributed by atoms with Gasteiger partial charge in [-0.1, -0.05) is 43.7 Å². The fourth-order valence-electron chi connectivity index (χ4n) is 2.09. The summed E-state index contributed by atoms with van der Waals surface area (Å²) in [6, 6.07) is 10.9. The van der Waals surface area contributed by atoms with Crippen molar-refractivity contribution in [3.63, 3.8) is 0 Å². The first-order valence-corrected chi connectivity index (χ1v) is 6.11. The highest BCUT2D eigenvalue weighted by molar-refractivity contribution is 5.67. The second kappa shape index (κ2) is 4.70. The van der Waals surface area contributed by atoms with E-state index in [2.05, 4.69) is 56.9 Å². The van der Waals surface area contributed by atoms with Gasteiger partial charge < -0.3 is 0 Å². The third-order valence-electron chi connectivity index (χ3n) is 3.08. The Labute approximate surface area is 104 Å². The Balaban J connectivity index is 2.56. The zero-order valence-corrected chi connectivity index (χ0v) is 11.0. The van der Waals surface area contributed by atoms with Crippen molar-refractivity contribution in [1.82, 2.24) is 4.98 Å². The van der Waals surface area contributed by atoms with E-state index in [1.54, 1.807) is 0 Å². The van der Waals surface area contributed by atoms with Gasteiger partial charge in [-0.2, -0.15) is 0 Å². The van der Waals surface area contributed by atoms with Crippen molar-refractivity contribution in [1.29, 1.82) is 0 Å². The van der Waals surface area contributed by atoms with Gasteiger partial charge in [0.05, 0.1) is 0 Å². The largest absolute Gasteiger partial charge is 0.261 e. The second-order valence-electron chi connectivity index (χ2n) is 4.92. The summed E-state index contributed by atoms with van der Waals surface area (Å²) in [6.45, 7) is 8.68. The van der Waals surface area contributed by atoms with Crippen LogP contribution in [0.1, 0.15) is 36.6 Å². The molecule has 1 aromatic heterocycles. The van der Waals surface area contributed by atoms with E-state index in [0.717, 1.165) is 5.69 Å². The van der Waals surface area contributed by atoms with E-state index in [1.807, 2.05) is 12.3 Å². The molecule has 0 radical (unpaired) electrons. The van der Waals surface area contributed by atoms with Crippen LogP contribution in [0, 0.1) is 13.8 Å². The van der Waals surface area contributed by atoms with Gasteiger partial charge in [0.2, 0.25) is 0 Å². The van der Waals surface area contributed by atoms with Crippen LogP contribution >= 0.6 is 0 Å². The predicted molar refractivity (Wildman–Crippen MR) is 73.2 cm³/mol. The Kier molecular flexibility index (Phi) is 3.28. The van der Waals surface area contributed by atoms with Gasteiger partial charge in [-0.15, -0.1) is 0 Å². The van der Waals surface area contributed by atoms with E-state index >= 15 is 0 Å². The summed E-state index contributed by atoms with van der Waals surface area (Å²) in [7, 11) is 0. The summed E-state index contributed by atoms with van der Waals surface area (Å²) < 4.78 is 0. The Bertz CT molecular complexity index is 527. The molecule has 0 atom stereocenters. The quantitative estimate of drug-likeness (QED) is 0.734. The van der Waals surface area contributed by atoms with Crippen molar-refractivity contribution in [2.24, 2.45) is 0 Å². The zero-order valence-electron chi connectivity index (χ0n) is 11.0. The summed E-state index contributed by atoms with van der Waals surface area (Å²) in [6.07, 6.45) is 1.85. The maximum Gasteiger partial charge on any atom is 0.0450 e. The topological polar surface area (TPSA) is 12.9 Å². The van der Waals surface area contributed by atoms with Crippen LogP contribution in [0.5, 0.6) is 0 Å². The van der Waals surface area contributed by atoms with Crippen molar-refractivity contribution in [3.05, 3.63) is 53.3 Å². The number of pyridine rings is 1. The minimum atomic E-state index is 0.561. The highest BCUT2D eigenvalue weighted by atomic mass is 14.7. The molecule has 17 heavy (non-hydrogen) atoms. The molecular formula is C16H19N. The molecule has 0 spiro atoms. The molecule has 1 aromatic carbocycles. The van der Waals surface area contributed by atoms with Crippen LogP contribution in [0.3, 0.4) is 0 Å².